The predicted molar refractivity (Wildman–Crippen MR) is 130 cm³/mol. The highest BCUT2D eigenvalue weighted by Gasteiger charge is 2.36. The van der Waals surface area contributed by atoms with Crippen molar-refractivity contribution in [2.45, 2.75) is 38.9 Å². The van der Waals surface area contributed by atoms with E-state index in [1.54, 1.807) is 18.2 Å². The van der Waals surface area contributed by atoms with Crippen LogP contribution in [0.15, 0.2) is 48.5 Å². The van der Waals surface area contributed by atoms with Gasteiger partial charge in [-0.2, -0.15) is 0 Å². The first-order valence-corrected chi connectivity index (χ1v) is 13.6. The number of para-hydroxylation sites is 1. The van der Waals surface area contributed by atoms with Crippen LogP contribution in [-0.2, 0) is 4.43 Å². The fraction of sp³-hybridized carbons (Fsp3) is 0.320. The molecular formula is C25H28N2O4Si. The fourth-order valence-electron chi connectivity index (χ4n) is 3.45. The number of hydrogen-bond donors (Lipinski definition) is 1. The minimum absolute atomic E-state index is 0.143. The van der Waals surface area contributed by atoms with Crippen LogP contribution in [-0.4, -0.2) is 42.6 Å². The molecule has 0 radical (unpaired) electrons. The zero-order chi connectivity index (χ0) is 23.1. The molecule has 166 valence electrons. The van der Waals surface area contributed by atoms with Gasteiger partial charge in [-0.25, -0.2) is 14.8 Å². The maximum atomic E-state index is 11.7. The van der Waals surface area contributed by atoms with E-state index >= 15 is 0 Å². The normalized spacial score (nSPS) is 12.5. The standard InChI is InChI=1S/C25H28N2O4Si/c1-25(2,3)32(4,5)31-15-14-30-21-11-7-8-17-16(21)12-13-20-22(17)27-23-18(24(28)29)9-6-10-19(23)26-20/h6-13H,14-15H2,1-5H3,(H,28,29). The molecule has 0 aliphatic rings. The summed E-state index contributed by atoms with van der Waals surface area (Å²) >= 11 is 0. The van der Waals surface area contributed by atoms with Crippen LogP contribution in [0.25, 0.3) is 32.8 Å². The Hall–Kier alpha value is -3.03. The second kappa shape index (κ2) is 8.15. The van der Waals surface area contributed by atoms with Gasteiger partial charge in [-0.05, 0) is 48.5 Å². The number of aromatic nitrogens is 2. The molecule has 1 N–H and O–H groups in total. The molecule has 0 unspecified atom stereocenters. The summed E-state index contributed by atoms with van der Waals surface area (Å²) in [6.07, 6.45) is 0. The van der Waals surface area contributed by atoms with Gasteiger partial charge in [-0.15, -0.1) is 0 Å². The molecule has 1 aromatic heterocycles. The van der Waals surface area contributed by atoms with Gasteiger partial charge < -0.3 is 14.3 Å². The monoisotopic (exact) mass is 448 g/mol. The van der Waals surface area contributed by atoms with Crippen molar-refractivity contribution in [1.82, 2.24) is 9.97 Å². The highest BCUT2D eigenvalue weighted by Crippen LogP contribution is 2.36. The Labute approximate surface area is 188 Å². The summed E-state index contributed by atoms with van der Waals surface area (Å²) in [5.74, 6) is -0.271. The van der Waals surface area contributed by atoms with Crippen molar-refractivity contribution in [2.24, 2.45) is 0 Å². The molecule has 0 aliphatic heterocycles. The molecule has 0 saturated carbocycles. The third-order valence-electron chi connectivity index (χ3n) is 6.29. The van der Waals surface area contributed by atoms with Gasteiger partial charge in [0, 0.05) is 10.8 Å². The Morgan fingerprint density at radius 2 is 1.62 bits per heavy atom. The third-order valence-corrected chi connectivity index (χ3v) is 10.8. The van der Waals surface area contributed by atoms with Crippen LogP contribution < -0.4 is 4.74 Å². The van der Waals surface area contributed by atoms with E-state index in [0.29, 0.717) is 35.3 Å². The maximum absolute atomic E-state index is 11.7. The summed E-state index contributed by atoms with van der Waals surface area (Å²) in [6.45, 7) is 12.1. The second-order valence-corrected chi connectivity index (χ2v) is 14.3. The van der Waals surface area contributed by atoms with Gasteiger partial charge in [0.2, 0.25) is 0 Å². The van der Waals surface area contributed by atoms with Crippen molar-refractivity contribution >= 4 is 47.1 Å². The quantitative estimate of drug-likeness (QED) is 0.168. The van der Waals surface area contributed by atoms with Gasteiger partial charge in [0.05, 0.1) is 28.7 Å². The Balaban J connectivity index is 1.68. The number of fused-ring (bicyclic) bond motifs is 4. The van der Waals surface area contributed by atoms with Crippen molar-refractivity contribution in [3.63, 3.8) is 0 Å². The first-order valence-electron chi connectivity index (χ1n) is 10.7. The molecule has 0 bridgehead atoms. The molecule has 32 heavy (non-hydrogen) atoms. The SMILES string of the molecule is CC(C)(C)[Si](C)(C)OCCOc1cccc2c1ccc1nc3cccc(C(=O)O)c3nc12. The van der Waals surface area contributed by atoms with E-state index in [-0.39, 0.29) is 10.6 Å². The molecule has 3 aromatic carbocycles. The van der Waals surface area contributed by atoms with Crippen LogP contribution in [0, 0.1) is 0 Å². The summed E-state index contributed by atoms with van der Waals surface area (Å²) in [5.41, 5.74) is 2.46. The van der Waals surface area contributed by atoms with Crippen LogP contribution in [0.1, 0.15) is 31.1 Å². The number of carboxylic acids is 1. The molecule has 0 fully saturated rings. The molecule has 1 heterocycles. The van der Waals surface area contributed by atoms with Gasteiger partial charge in [-0.1, -0.05) is 39.0 Å². The minimum atomic E-state index is -1.82. The Kier molecular flexibility index (Phi) is 5.64. The van der Waals surface area contributed by atoms with E-state index in [1.165, 1.54) is 0 Å². The van der Waals surface area contributed by atoms with Gasteiger partial charge in [0.25, 0.3) is 0 Å². The number of carboxylic acid groups (broad SMARTS) is 1. The second-order valence-electron chi connectivity index (χ2n) is 9.44. The highest BCUT2D eigenvalue weighted by molar-refractivity contribution is 6.74. The lowest BCUT2D eigenvalue weighted by atomic mass is 10.1. The molecule has 6 nitrogen and oxygen atoms in total. The molecule has 7 heteroatoms. The molecule has 0 atom stereocenters. The molecule has 0 spiro atoms. The zero-order valence-electron chi connectivity index (χ0n) is 19.1. The lowest BCUT2D eigenvalue weighted by Crippen LogP contribution is -2.41. The predicted octanol–water partition coefficient (Wildman–Crippen LogP) is 6.04. The molecule has 0 aliphatic carbocycles. The number of hydrogen-bond acceptors (Lipinski definition) is 5. The van der Waals surface area contributed by atoms with Gasteiger partial charge >= 0.3 is 5.97 Å². The van der Waals surface area contributed by atoms with Crippen molar-refractivity contribution < 1.29 is 19.1 Å². The van der Waals surface area contributed by atoms with E-state index in [1.807, 2.05) is 30.3 Å². The number of rotatable bonds is 6. The number of carbonyl (C=O) groups is 1. The van der Waals surface area contributed by atoms with Gasteiger partial charge in [-0.3, -0.25) is 0 Å². The molecule has 4 rings (SSSR count). The smallest absolute Gasteiger partial charge is 0.337 e. The van der Waals surface area contributed by atoms with E-state index < -0.39 is 14.3 Å². The van der Waals surface area contributed by atoms with Crippen LogP contribution in [0.2, 0.25) is 18.1 Å². The minimum Gasteiger partial charge on any atom is -0.491 e. The Morgan fingerprint density at radius 3 is 2.34 bits per heavy atom. The van der Waals surface area contributed by atoms with Crippen LogP contribution in [0.4, 0.5) is 0 Å². The van der Waals surface area contributed by atoms with E-state index in [9.17, 15) is 9.90 Å². The molecular weight excluding hydrogens is 420 g/mol. The first-order chi connectivity index (χ1) is 15.1. The van der Waals surface area contributed by atoms with Crippen molar-refractivity contribution in [1.29, 1.82) is 0 Å². The molecule has 4 aromatic rings. The molecule has 0 saturated heterocycles. The average molecular weight is 449 g/mol. The fourth-order valence-corrected chi connectivity index (χ4v) is 4.48. The van der Waals surface area contributed by atoms with E-state index in [0.717, 1.165) is 16.5 Å². The number of nitrogens with zero attached hydrogens (tertiary/aromatic N) is 2. The average Bonchev–Trinajstić information content (AvgIpc) is 2.73. The first kappa shape index (κ1) is 22.2. The van der Waals surface area contributed by atoms with Crippen molar-refractivity contribution in [3.05, 3.63) is 54.1 Å². The summed E-state index contributed by atoms with van der Waals surface area (Å²) in [5, 5.41) is 11.5. The zero-order valence-corrected chi connectivity index (χ0v) is 20.1. The Morgan fingerprint density at radius 1 is 0.906 bits per heavy atom. The summed E-state index contributed by atoms with van der Waals surface area (Å²) in [6, 6.07) is 14.7. The third kappa shape index (κ3) is 4.05. The summed E-state index contributed by atoms with van der Waals surface area (Å²) in [4.78, 5) is 21.0. The highest BCUT2D eigenvalue weighted by atomic mass is 28.4. The number of benzene rings is 3. The van der Waals surface area contributed by atoms with Crippen molar-refractivity contribution in [2.75, 3.05) is 13.2 Å². The summed E-state index contributed by atoms with van der Waals surface area (Å²) in [7, 11) is -1.82. The maximum Gasteiger partial charge on any atom is 0.337 e. The van der Waals surface area contributed by atoms with Crippen molar-refractivity contribution in [3.8, 4) is 5.75 Å². The number of aromatic carboxylic acids is 1. The topological polar surface area (TPSA) is 81.5 Å². The van der Waals surface area contributed by atoms with E-state index in [4.69, 9.17) is 14.1 Å². The van der Waals surface area contributed by atoms with E-state index in [2.05, 4.69) is 38.8 Å². The largest absolute Gasteiger partial charge is 0.491 e. The lowest BCUT2D eigenvalue weighted by molar-refractivity contribution is 0.0699. The lowest BCUT2D eigenvalue weighted by Gasteiger charge is -2.36. The number of ether oxygens (including phenoxy) is 1. The van der Waals surface area contributed by atoms with Crippen LogP contribution >= 0.6 is 0 Å². The van der Waals surface area contributed by atoms with Crippen LogP contribution in [0.5, 0.6) is 5.75 Å². The Bertz CT molecular complexity index is 1330. The van der Waals surface area contributed by atoms with Gasteiger partial charge in [0.1, 0.15) is 17.9 Å². The van der Waals surface area contributed by atoms with Crippen LogP contribution in [0.3, 0.4) is 0 Å². The molecule has 0 amide bonds. The van der Waals surface area contributed by atoms with Gasteiger partial charge in [0.15, 0.2) is 8.32 Å². The summed E-state index contributed by atoms with van der Waals surface area (Å²) < 4.78 is 12.3.